The molecule has 0 bridgehead atoms. The van der Waals surface area contributed by atoms with Crippen LogP contribution >= 0.6 is 0 Å². The van der Waals surface area contributed by atoms with E-state index in [1.165, 1.54) is 19.2 Å². The van der Waals surface area contributed by atoms with E-state index in [2.05, 4.69) is 9.97 Å². The number of likely N-dealkylation sites (tertiary alicyclic amines) is 1. The zero-order valence-corrected chi connectivity index (χ0v) is 10.7. The van der Waals surface area contributed by atoms with Crippen LogP contribution in [-0.4, -0.2) is 33.9 Å². The molecule has 0 radical (unpaired) electrons. The van der Waals surface area contributed by atoms with Crippen molar-refractivity contribution in [2.75, 3.05) is 13.1 Å². The molecule has 5 nitrogen and oxygen atoms in total. The molecule has 2 rings (SSSR count). The van der Waals surface area contributed by atoms with Crippen molar-refractivity contribution < 1.29 is 4.79 Å². The second kappa shape index (κ2) is 5.80. The number of aromatic amines is 1. The first kappa shape index (κ1) is 12.8. The molecule has 1 amide bonds. The van der Waals surface area contributed by atoms with Gasteiger partial charge in [0.2, 0.25) is 5.91 Å². The van der Waals surface area contributed by atoms with Crippen molar-refractivity contribution >= 4 is 5.91 Å². The third-order valence-electron chi connectivity index (χ3n) is 3.47. The van der Waals surface area contributed by atoms with Crippen molar-refractivity contribution in [1.29, 1.82) is 0 Å². The monoisotopic (exact) mass is 249 g/mol. The van der Waals surface area contributed by atoms with E-state index in [1.807, 2.05) is 4.90 Å². The van der Waals surface area contributed by atoms with Crippen molar-refractivity contribution in [2.45, 2.75) is 39.0 Å². The highest BCUT2D eigenvalue weighted by atomic mass is 16.2. The summed E-state index contributed by atoms with van der Waals surface area (Å²) in [7, 11) is 0. The maximum Gasteiger partial charge on any atom is 0.253 e. The van der Waals surface area contributed by atoms with Gasteiger partial charge in [-0.1, -0.05) is 12.8 Å². The number of carbonyl (C=O) groups excluding carboxylic acids is 1. The quantitative estimate of drug-likeness (QED) is 0.851. The topological polar surface area (TPSA) is 66.1 Å². The van der Waals surface area contributed by atoms with E-state index < -0.39 is 0 Å². The smallest absolute Gasteiger partial charge is 0.253 e. The Labute approximate surface area is 106 Å². The Bertz CT molecular complexity index is 473. The summed E-state index contributed by atoms with van der Waals surface area (Å²) in [6, 6.07) is 0. The van der Waals surface area contributed by atoms with Crippen molar-refractivity contribution in [3.8, 4) is 0 Å². The number of aromatic nitrogens is 2. The molecule has 1 aliphatic heterocycles. The Hall–Kier alpha value is -1.65. The van der Waals surface area contributed by atoms with Gasteiger partial charge >= 0.3 is 0 Å². The van der Waals surface area contributed by atoms with Gasteiger partial charge in [-0.15, -0.1) is 0 Å². The molecule has 0 aliphatic carbocycles. The molecule has 1 saturated heterocycles. The normalized spacial score (nSPS) is 16.4. The molecule has 1 aliphatic rings. The molecule has 0 spiro atoms. The van der Waals surface area contributed by atoms with Crippen LogP contribution in [0.15, 0.2) is 11.1 Å². The second-order valence-electron chi connectivity index (χ2n) is 4.78. The Morgan fingerprint density at radius 3 is 2.67 bits per heavy atom. The van der Waals surface area contributed by atoms with Gasteiger partial charge in [-0.2, -0.15) is 0 Å². The number of rotatable bonds is 2. The number of nitrogens with zero attached hydrogens (tertiary/aromatic N) is 2. The molecular formula is C13H19N3O2. The standard InChI is InChI=1S/C13H19N3O2/c1-10-11(14-9-15-13(10)18)8-12(17)16-6-4-2-3-5-7-16/h9H,2-8H2,1H3,(H,14,15,18). The molecule has 0 aromatic carbocycles. The SMILES string of the molecule is Cc1c(CC(=O)N2CCCCCC2)nc[nH]c1=O. The zero-order valence-electron chi connectivity index (χ0n) is 10.7. The lowest BCUT2D eigenvalue weighted by Gasteiger charge is -2.20. The lowest BCUT2D eigenvalue weighted by atomic mass is 10.2. The van der Waals surface area contributed by atoms with Crippen LogP contribution in [0.2, 0.25) is 0 Å². The largest absolute Gasteiger partial charge is 0.342 e. The molecular weight excluding hydrogens is 230 g/mol. The predicted octanol–water partition coefficient (Wildman–Crippen LogP) is 1.02. The first-order chi connectivity index (χ1) is 8.68. The van der Waals surface area contributed by atoms with Gasteiger partial charge in [0.1, 0.15) is 0 Å². The van der Waals surface area contributed by atoms with E-state index in [9.17, 15) is 9.59 Å². The van der Waals surface area contributed by atoms with Crippen LogP contribution in [0.3, 0.4) is 0 Å². The minimum Gasteiger partial charge on any atom is -0.342 e. The van der Waals surface area contributed by atoms with Crippen LogP contribution in [0.1, 0.15) is 36.9 Å². The van der Waals surface area contributed by atoms with Crippen molar-refractivity contribution in [2.24, 2.45) is 0 Å². The summed E-state index contributed by atoms with van der Waals surface area (Å²) in [4.78, 5) is 32.1. The van der Waals surface area contributed by atoms with Crippen LogP contribution in [0.5, 0.6) is 0 Å². The minimum absolute atomic E-state index is 0.0816. The van der Waals surface area contributed by atoms with E-state index in [4.69, 9.17) is 0 Å². The highest BCUT2D eigenvalue weighted by Gasteiger charge is 2.17. The molecule has 0 saturated carbocycles. The lowest BCUT2D eigenvalue weighted by Crippen LogP contribution is -2.33. The molecule has 5 heteroatoms. The third kappa shape index (κ3) is 2.97. The Morgan fingerprint density at radius 1 is 1.33 bits per heavy atom. The number of H-pyrrole nitrogens is 1. The zero-order chi connectivity index (χ0) is 13.0. The minimum atomic E-state index is -0.163. The fraction of sp³-hybridized carbons (Fsp3) is 0.615. The van der Waals surface area contributed by atoms with Gasteiger partial charge in [-0.05, 0) is 19.8 Å². The Balaban J connectivity index is 2.06. The fourth-order valence-corrected chi connectivity index (χ4v) is 2.26. The third-order valence-corrected chi connectivity index (χ3v) is 3.47. The Kier molecular flexibility index (Phi) is 4.12. The van der Waals surface area contributed by atoms with Gasteiger partial charge in [0.25, 0.3) is 5.56 Å². The molecule has 1 fully saturated rings. The molecule has 0 unspecified atom stereocenters. The van der Waals surface area contributed by atoms with Crippen LogP contribution in [0, 0.1) is 6.92 Å². The van der Waals surface area contributed by atoms with E-state index in [0.29, 0.717) is 11.3 Å². The van der Waals surface area contributed by atoms with E-state index in [-0.39, 0.29) is 17.9 Å². The molecule has 98 valence electrons. The van der Waals surface area contributed by atoms with E-state index in [1.54, 1.807) is 6.92 Å². The molecule has 1 N–H and O–H groups in total. The van der Waals surface area contributed by atoms with Gasteiger partial charge in [0, 0.05) is 18.7 Å². The van der Waals surface area contributed by atoms with Crippen molar-refractivity contribution in [3.63, 3.8) is 0 Å². The summed E-state index contributed by atoms with van der Waals surface area (Å²) < 4.78 is 0. The first-order valence-electron chi connectivity index (χ1n) is 6.49. The van der Waals surface area contributed by atoms with E-state index >= 15 is 0 Å². The maximum absolute atomic E-state index is 12.2. The number of hydrogen-bond donors (Lipinski definition) is 1. The number of hydrogen-bond acceptors (Lipinski definition) is 3. The van der Waals surface area contributed by atoms with Crippen LogP contribution in [0.4, 0.5) is 0 Å². The maximum atomic E-state index is 12.2. The van der Waals surface area contributed by atoms with Crippen molar-refractivity contribution in [1.82, 2.24) is 14.9 Å². The average Bonchev–Trinajstić information content (AvgIpc) is 2.63. The van der Waals surface area contributed by atoms with Crippen LogP contribution < -0.4 is 5.56 Å². The van der Waals surface area contributed by atoms with Gasteiger partial charge in [0.05, 0.1) is 18.4 Å². The fourth-order valence-electron chi connectivity index (χ4n) is 2.26. The molecule has 1 aromatic heterocycles. The number of carbonyl (C=O) groups is 1. The van der Waals surface area contributed by atoms with E-state index in [0.717, 1.165) is 25.9 Å². The van der Waals surface area contributed by atoms with Gasteiger partial charge in [-0.3, -0.25) is 9.59 Å². The van der Waals surface area contributed by atoms with Crippen LogP contribution in [0.25, 0.3) is 0 Å². The lowest BCUT2D eigenvalue weighted by molar-refractivity contribution is -0.130. The summed E-state index contributed by atoms with van der Waals surface area (Å²) in [6.07, 6.45) is 6.15. The highest BCUT2D eigenvalue weighted by molar-refractivity contribution is 5.78. The number of nitrogens with one attached hydrogen (secondary N) is 1. The molecule has 0 atom stereocenters. The van der Waals surface area contributed by atoms with Crippen molar-refractivity contribution in [3.05, 3.63) is 27.9 Å². The first-order valence-corrected chi connectivity index (χ1v) is 6.49. The average molecular weight is 249 g/mol. The van der Waals surface area contributed by atoms with Crippen LogP contribution in [-0.2, 0) is 11.2 Å². The summed E-state index contributed by atoms with van der Waals surface area (Å²) in [6.45, 7) is 3.37. The highest BCUT2D eigenvalue weighted by Crippen LogP contribution is 2.11. The van der Waals surface area contributed by atoms with Gasteiger partial charge < -0.3 is 9.88 Å². The molecule has 1 aromatic rings. The molecule has 2 heterocycles. The second-order valence-corrected chi connectivity index (χ2v) is 4.78. The molecule has 18 heavy (non-hydrogen) atoms. The van der Waals surface area contributed by atoms with Gasteiger partial charge in [-0.25, -0.2) is 4.98 Å². The summed E-state index contributed by atoms with van der Waals surface area (Å²) in [5.74, 6) is 0.0816. The summed E-state index contributed by atoms with van der Waals surface area (Å²) >= 11 is 0. The summed E-state index contributed by atoms with van der Waals surface area (Å²) in [5.41, 5.74) is 0.970. The van der Waals surface area contributed by atoms with Gasteiger partial charge in [0.15, 0.2) is 0 Å². The number of amides is 1. The summed E-state index contributed by atoms with van der Waals surface area (Å²) in [5, 5.41) is 0. The predicted molar refractivity (Wildman–Crippen MR) is 68.3 cm³/mol. The Morgan fingerprint density at radius 2 is 2.00 bits per heavy atom.